The van der Waals surface area contributed by atoms with Crippen LogP contribution < -0.4 is 0 Å². The number of likely N-dealkylation sites (N-methyl/N-ethyl adjacent to an activating group) is 1. The maximum Gasteiger partial charge on any atom is 0.336 e. The molecule has 4 aromatic rings. The summed E-state index contributed by atoms with van der Waals surface area (Å²) in [7, 11) is 1.81. The first-order chi connectivity index (χ1) is 27.5. The average molecular weight is 851 g/mol. The highest BCUT2D eigenvalue weighted by atomic mass is 35.5. The number of carbonyl (C=O) groups excluding carboxylic acids is 1. The number of halogens is 2. The van der Waals surface area contributed by atoms with Gasteiger partial charge in [-0.25, -0.2) is 4.79 Å². The first kappa shape index (κ1) is 45.8. The van der Waals surface area contributed by atoms with Crippen molar-refractivity contribution in [3.8, 4) is 6.07 Å². The molecule has 0 aliphatic carbocycles. The largest absolute Gasteiger partial charge is 0.612 e. The second kappa shape index (κ2) is 20.7. The highest BCUT2D eigenvalue weighted by Crippen LogP contribution is 2.35. The van der Waals surface area contributed by atoms with E-state index in [9.17, 15) is 29.0 Å². The number of hydrogen-bond acceptors (Lipinski definition) is 8. The first-order valence-electron chi connectivity index (χ1n) is 18.3. The van der Waals surface area contributed by atoms with Crippen molar-refractivity contribution in [1.82, 2.24) is 9.80 Å². The standard InChI is InChI=1S/C37H37Cl2N3O2S.C6H8O7/c1-4-30-29(23-40)21-27-9-5-6-11-32(27)36(30)37(43)41(2)24-28(26-13-14-33(38)34(39)22-26)17-20-42-18-15-25(16-19-42)31-10-7-8-12-35(31)45(3)44;7-3(8)1-6(13,5(11)12)2-4(9)10/h4-14,21-22,25,28H,1,15-20,24H2,2-3H3;13H,1-2H2,(H,7,8)(H,9,10)(H,11,12)/t28-,45+;/m1./s1. The molecule has 12 nitrogen and oxygen atoms in total. The van der Waals surface area contributed by atoms with Crippen LogP contribution in [0.25, 0.3) is 16.8 Å². The number of carbonyl (C=O) groups is 4. The van der Waals surface area contributed by atoms with Crippen LogP contribution in [-0.4, -0.2) is 104 Å². The lowest BCUT2D eigenvalue weighted by atomic mass is 9.88. The van der Waals surface area contributed by atoms with Crippen molar-refractivity contribution < 1.29 is 44.2 Å². The maximum absolute atomic E-state index is 14.1. The fourth-order valence-corrected chi connectivity index (χ4v) is 8.38. The molecule has 0 saturated carbocycles. The lowest BCUT2D eigenvalue weighted by molar-refractivity contribution is -0.170. The van der Waals surface area contributed by atoms with E-state index in [1.165, 1.54) is 5.56 Å². The minimum Gasteiger partial charge on any atom is -0.612 e. The Labute approximate surface area is 350 Å². The van der Waals surface area contributed by atoms with Gasteiger partial charge in [-0.05, 0) is 96.6 Å². The van der Waals surface area contributed by atoms with Crippen LogP contribution in [0.3, 0.4) is 0 Å². The van der Waals surface area contributed by atoms with Crippen LogP contribution in [0, 0.1) is 11.3 Å². The van der Waals surface area contributed by atoms with E-state index in [1.807, 2.05) is 73.8 Å². The zero-order chi connectivity index (χ0) is 42.7. The fourth-order valence-electron chi connectivity index (χ4n) is 7.23. The molecule has 2 atom stereocenters. The smallest absolute Gasteiger partial charge is 0.336 e. The van der Waals surface area contributed by atoms with Gasteiger partial charge in [0, 0.05) is 30.6 Å². The summed E-state index contributed by atoms with van der Waals surface area (Å²) in [6.45, 7) is 7.16. The number of carboxylic acids is 3. The van der Waals surface area contributed by atoms with E-state index in [4.69, 9.17) is 43.6 Å². The Morgan fingerprint density at radius 1 is 1.00 bits per heavy atom. The zero-order valence-corrected chi connectivity index (χ0v) is 34.4. The van der Waals surface area contributed by atoms with Crippen molar-refractivity contribution in [3.63, 3.8) is 0 Å². The second-order valence-electron chi connectivity index (χ2n) is 14.2. The Bertz CT molecular complexity index is 2190. The molecule has 4 N–H and O–H groups in total. The number of amides is 1. The van der Waals surface area contributed by atoms with Crippen molar-refractivity contribution >= 4 is 75.0 Å². The molecule has 5 rings (SSSR count). The number of likely N-dealkylation sites (tertiary alicyclic amines) is 1. The number of hydrogen-bond donors (Lipinski definition) is 4. The third-order valence-electron chi connectivity index (χ3n) is 10.2. The molecule has 1 fully saturated rings. The molecule has 306 valence electrons. The third-order valence-corrected chi connectivity index (χ3v) is 11.9. The summed E-state index contributed by atoms with van der Waals surface area (Å²) in [4.78, 5) is 49.8. The molecule has 4 aromatic carbocycles. The summed E-state index contributed by atoms with van der Waals surface area (Å²) in [6.07, 6.45) is 3.90. The lowest BCUT2D eigenvalue weighted by Crippen LogP contribution is -2.42. The number of nitriles is 1. The van der Waals surface area contributed by atoms with Crippen molar-refractivity contribution in [2.24, 2.45) is 0 Å². The number of nitrogens with zero attached hydrogens (tertiary/aromatic N) is 3. The molecular formula is C43H45Cl2N3O9S. The molecule has 1 amide bonds. The minimum atomic E-state index is -2.74. The van der Waals surface area contributed by atoms with E-state index in [0.29, 0.717) is 39.2 Å². The lowest BCUT2D eigenvalue weighted by Gasteiger charge is -2.34. The van der Waals surface area contributed by atoms with E-state index < -0.39 is 47.5 Å². The summed E-state index contributed by atoms with van der Waals surface area (Å²) in [5.74, 6) is -4.77. The van der Waals surface area contributed by atoms with E-state index in [1.54, 1.807) is 17.2 Å². The molecule has 58 heavy (non-hydrogen) atoms. The van der Waals surface area contributed by atoms with Gasteiger partial charge in [-0.15, -0.1) is 0 Å². The van der Waals surface area contributed by atoms with Gasteiger partial charge in [0.05, 0.1) is 40.1 Å². The average Bonchev–Trinajstić information content (AvgIpc) is 3.19. The van der Waals surface area contributed by atoms with E-state index >= 15 is 0 Å². The van der Waals surface area contributed by atoms with Gasteiger partial charge in [0.15, 0.2) is 10.5 Å². The van der Waals surface area contributed by atoms with Crippen LogP contribution in [0.5, 0.6) is 0 Å². The number of benzene rings is 4. The van der Waals surface area contributed by atoms with Crippen molar-refractivity contribution in [2.45, 2.75) is 54.4 Å². The van der Waals surface area contributed by atoms with Gasteiger partial charge in [0.2, 0.25) is 0 Å². The van der Waals surface area contributed by atoms with Gasteiger partial charge in [-0.2, -0.15) is 5.26 Å². The normalized spacial score (nSPS) is 14.4. The minimum absolute atomic E-state index is 0.00673. The maximum atomic E-state index is 14.1. The number of rotatable bonds is 15. The van der Waals surface area contributed by atoms with Crippen molar-refractivity contribution in [3.05, 3.63) is 117 Å². The molecule has 1 heterocycles. The molecular weight excluding hydrogens is 805 g/mol. The van der Waals surface area contributed by atoms with Gasteiger partial charge in [0.1, 0.15) is 6.26 Å². The summed E-state index contributed by atoms with van der Waals surface area (Å²) in [6, 6.07) is 25.5. The first-order valence-corrected chi connectivity index (χ1v) is 20.6. The highest BCUT2D eigenvalue weighted by Gasteiger charge is 2.41. The predicted octanol–water partition coefficient (Wildman–Crippen LogP) is 7.28. The Morgan fingerprint density at radius 3 is 2.19 bits per heavy atom. The van der Waals surface area contributed by atoms with Crippen LogP contribution in [-0.2, 0) is 25.6 Å². The third kappa shape index (κ3) is 11.6. The number of aliphatic hydroxyl groups is 1. The topological polar surface area (TPSA) is 203 Å². The molecule has 1 saturated heterocycles. The molecule has 0 spiro atoms. The second-order valence-corrected chi connectivity index (χ2v) is 16.3. The zero-order valence-electron chi connectivity index (χ0n) is 32.1. The Balaban J connectivity index is 0.000000492. The molecule has 0 radical (unpaired) electrons. The molecule has 1 aliphatic heterocycles. The highest BCUT2D eigenvalue weighted by molar-refractivity contribution is 7.90. The summed E-state index contributed by atoms with van der Waals surface area (Å²) >= 11 is 11.7. The Morgan fingerprint density at radius 2 is 1.62 bits per heavy atom. The molecule has 1 aliphatic rings. The molecule has 0 aromatic heterocycles. The number of piperidine rings is 1. The summed E-state index contributed by atoms with van der Waals surface area (Å²) < 4.78 is 12.3. The van der Waals surface area contributed by atoms with E-state index in [2.05, 4.69) is 23.6 Å². The van der Waals surface area contributed by atoms with Crippen LogP contribution in [0.4, 0.5) is 0 Å². The molecule has 0 unspecified atom stereocenters. The van der Waals surface area contributed by atoms with Crippen LogP contribution in [0.15, 0.2) is 84.3 Å². The monoisotopic (exact) mass is 849 g/mol. The van der Waals surface area contributed by atoms with Crippen molar-refractivity contribution in [1.29, 1.82) is 5.26 Å². The van der Waals surface area contributed by atoms with E-state index in [0.717, 1.165) is 60.1 Å². The van der Waals surface area contributed by atoms with Crippen LogP contribution in [0.2, 0.25) is 10.0 Å². The fraction of sp³-hybridized carbons (Fsp3) is 0.326. The SMILES string of the molecule is C=Cc1c(C#N)cc2ccccc2c1C(=O)N(C)C[C@@H](CCN1CCC(c2ccccc2[S@+](C)[O-])CC1)c1ccc(Cl)c(Cl)c1.O=C(O)CC(O)(CC(=O)O)C(=O)O. The van der Waals surface area contributed by atoms with Gasteiger partial charge < -0.3 is 34.8 Å². The van der Waals surface area contributed by atoms with Gasteiger partial charge in [-0.3, -0.25) is 14.4 Å². The Hall–Kier alpha value is -4.94. The number of aliphatic carboxylic acids is 3. The molecule has 15 heteroatoms. The van der Waals surface area contributed by atoms with Crippen LogP contribution in [0.1, 0.15) is 76.6 Å². The summed E-state index contributed by atoms with van der Waals surface area (Å²) in [5.41, 5.74) is 0.965. The van der Waals surface area contributed by atoms with Gasteiger partial charge >= 0.3 is 17.9 Å². The van der Waals surface area contributed by atoms with Gasteiger partial charge in [0.25, 0.3) is 5.91 Å². The number of carboxylic acid groups (broad SMARTS) is 3. The Kier molecular flexibility index (Phi) is 16.3. The summed E-state index contributed by atoms with van der Waals surface area (Å²) in [5, 5.41) is 46.3. The van der Waals surface area contributed by atoms with E-state index in [-0.39, 0.29) is 11.8 Å². The molecule has 0 bridgehead atoms. The predicted molar refractivity (Wildman–Crippen MR) is 224 cm³/mol. The quantitative estimate of drug-likeness (QED) is 0.0876. The van der Waals surface area contributed by atoms with Crippen LogP contribution >= 0.6 is 23.2 Å². The van der Waals surface area contributed by atoms with Crippen molar-refractivity contribution in [2.75, 3.05) is 39.5 Å². The van der Waals surface area contributed by atoms with Gasteiger partial charge in [-0.1, -0.05) is 84.4 Å². The number of fused-ring (bicyclic) bond motifs is 1.